The van der Waals surface area contributed by atoms with E-state index in [2.05, 4.69) is 121 Å². The lowest BCUT2D eigenvalue weighted by Gasteiger charge is -2.31. The van der Waals surface area contributed by atoms with Crippen LogP contribution in [0.3, 0.4) is 0 Å². The molecule has 7 rings (SSSR count). The van der Waals surface area contributed by atoms with Crippen molar-refractivity contribution in [2.24, 2.45) is 7.05 Å². The number of nitrogens with zero attached hydrogens (tertiary/aromatic N) is 3. The van der Waals surface area contributed by atoms with Crippen molar-refractivity contribution in [1.82, 2.24) is 4.98 Å². The lowest BCUT2D eigenvalue weighted by molar-refractivity contribution is -0.660. The third kappa shape index (κ3) is 4.44. The van der Waals surface area contributed by atoms with Crippen molar-refractivity contribution in [3.05, 3.63) is 139 Å². The van der Waals surface area contributed by atoms with Gasteiger partial charge in [-0.3, -0.25) is 4.90 Å². The number of aromatic nitrogens is 2. The zero-order valence-electron chi connectivity index (χ0n) is 23.4. The van der Waals surface area contributed by atoms with Gasteiger partial charge in [-0.25, -0.2) is 9.55 Å². The van der Waals surface area contributed by atoms with Crippen LogP contribution in [0.4, 0.5) is 17.2 Å². The van der Waals surface area contributed by atoms with E-state index in [0.717, 1.165) is 39.9 Å². The number of anilines is 3. The standard InChI is InChI=1S/C37H30N3O/c1-25-21-30(27-11-5-4-6-12-27)22-26(2)36(25)29-18-20-39(3)33(24-29)28-13-9-14-31(23-28)40-32-15-7-8-16-34(32)41-35-17-10-19-38-37(35)40/h4-24H,1-3H3/q+1. The minimum Gasteiger partial charge on any atom is -0.451 e. The van der Waals surface area contributed by atoms with E-state index in [4.69, 9.17) is 9.72 Å². The van der Waals surface area contributed by atoms with Crippen molar-refractivity contribution in [2.45, 2.75) is 13.8 Å². The molecule has 0 fully saturated rings. The Kier molecular flexibility index (Phi) is 6.09. The van der Waals surface area contributed by atoms with Crippen molar-refractivity contribution in [1.29, 1.82) is 0 Å². The van der Waals surface area contributed by atoms with Crippen LogP contribution < -0.4 is 14.2 Å². The van der Waals surface area contributed by atoms with Crippen LogP contribution in [-0.2, 0) is 7.05 Å². The fourth-order valence-corrected chi connectivity index (χ4v) is 5.88. The third-order valence-electron chi connectivity index (χ3n) is 7.77. The smallest absolute Gasteiger partial charge is 0.212 e. The Bertz CT molecular complexity index is 1840. The van der Waals surface area contributed by atoms with Crippen LogP contribution >= 0.6 is 0 Å². The van der Waals surface area contributed by atoms with E-state index in [1.54, 1.807) is 0 Å². The highest BCUT2D eigenvalue weighted by Gasteiger charge is 2.27. The first-order valence-corrected chi connectivity index (χ1v) is 13.9. The van der Waals surface area contributed by atoms with Crippen molar-refractivity contribution < 1.29 is 9.30 Å². The normalized spacial score (nSPS) is 11.9. The molecule has 0 spiro atoms. The number of fused-ring (bicyclic) bond motifs is 2. The maximum atomic E-state index is 6.18. The molecule has 4 nitrogen and oxygen atoms in total. The first kappa shape index (κ1) is 24.8. The summed E-state index contributed by atoms with van der Waals surface area (Å²) in [5.41, 5.74) is 11.8. The number of hydrogen-bond donors (Lipinski definition) is 0. The quantitative estimate of drug-likeness (QED) is 0.212. The van der Waals surface area contributed by atoms with Crippen molar-refractivity contribution in [3.63, 3.8) is 0 Å². The molecule has 0 radical (unpaired) electrons. The Morgan fingerprint density at radius 3 is 2.20 bits per heavy atom. The Balaban J connectivity index is 1.32. The summed E-state index contributed by atoms with van der Waals surface area (Å²) in [6.07, 6.45) is 3.96. The van der Waals surface area contributed by atoms with Crippen LogP contribution in [0, 0.1) is 13.8 Å². The first-order chi connectivity index (χ1) is 20.1. The summed E-state index contributed by atoms with van der Waals surface area (Å²) in [6, 6.07) is 40.3. The van der Waals surface area contributed by atoms with Gasteiger partial charge < -0.3 is 4.74 Å². The highest BCUT2D eigenvalue weighted by atomic mass is 16.5. The SMILES string of the molecule is Cc1cc(-c2ccccc2)cc(C)c1-c1cc[n+](C)c(-c2cccc(N3c4ccccc4Oc4cccnc43)c2)c1. The van der Waals surface area contributed by atoms with Crippen LogP contribution in [0.1, 0.15) is 11.1 Å². The molecule has 1 aliphatic rings. The lowest BCUT2D eigenvalue weighted by atomic mass is 9.91. The second kappa shape index (κ2) is 10.1. The molecule has 2 aromatic heterocycles. The van der Waals surface area contributed by atoms with Gasteiger partial charge in [0, 0.05) is 29.6 Å². The highest BCUT2D eigenvalue weighted by Crippen LogP contribution is 2.49. The molecule has 0 amide bonds. The zero-order valence-corrected chi connectivity index (χ0v) is 23.4. The molecule has 6 aromatic rings. The van der Waals surface area contributed by atoms with Crippen molar-refractivity contribution >= 4 is 17.2 Å². The Labute approximate surface area is 240 Å². The molecule has 0 saturated carbocycles. The number of aryl methyl sites for hydroxylation is 3. The lowest BCUT2D eigenvalue weighted by Crippen LogP contribution is -2.30. The summed E-state index contributed by atoms with van der Waals surface area (Å²) in [4.78, 5) is 6.87. The number of rotatable bonds is 4. The minimum absolute atomic E-state index is 0.744. The Morgan fingerprint density at radius 1 is 0.634 bits per heavy atom. The molecule has 0 N–H and O–H groups in total. The summed E-state index contributed by atoms with van der Waals surface area (Å²) in [7, 11) is 2.10. The number of para-hydroxylation sites is 2. The predicted octanol–water partition coefficient (Wildman–Crippen LogP) is 9.10. The summed E-state index contributed by atoms with van der Waals surface area (Å²) >= 11 is 0. The van der Waals surface area contributed by atoms with E-state index in [9.17, 15) is 0 Å². The van der Waals surface area contributed by atoms with Crippen LogP contribution in [0.25, 0.3) is 33.5 Å². The van der Waals surface area contributed by atoms with E-state index >= 15 is 0 Å². The summed E-state index contributed by atoms with van der Waals surface area (Å²) < 4.78 is 8.36. The molecule has 4 heteroatoms. The average molecular weight is 533 g/mol. The molecular weight excluding hydrogens is 502 g/mol. The van der Waals surface area contributed by atoms with Crippen molar-refractivity contribution in [2.75, 3.05) is 4.90 Å². The molecule has 0 unspecified atom stereocenters. The molecule has 41 heavy (non-hydrogen) atoms. The number of hydrogen-bond acceptors (Lipinski definition) is 3. The summed E-state index contributed by atoms with van der Waals surface area (Å²) in [5.74, 6) is 2.34. The Morgan fingerprint density at radius 2 is 1.37 bits per heavy atom. The fourth-order valence-electron chi connectivity index (χ4n) is 5.88. The second-order valence-corrected chi connectivity index (χ2v) is 10.5. The molecule has 0 aliphatic carbocycles. The van der Waals surface area contributed by atoms with E-state index in [1.165, 1.54) is 33.4 Å². The molecule has 0 atom stereocenters. The van der Waals surface area contributed by atoms with Crippen molar-refractivity contribution in [3.8, 4) is 45.0 Å². The Hall–Kier alpha value is -5.22. The zero-order chi connectivity index (χ0) is 27.9. The maximum Gasteiger partial charge on any atom is 0.212 e. The molecular formula is C37H30N3O+. The van der Waals surface area contributed by atoms with Gasteiger partial charge in [0.15, 0.2) is 23.5 Å². The van der Waals surface area contributed by atoms with E-state index in [-0.39, 0.29) is 0 Å². The monoisotopic (exact) mass is 532 g/mol. The highest BCUT2D eigenvalue weighted by molar-refractivity contribution is 5.86. The van der Waals surface area contributed by atoms with Gasteiger partial charge in [-0.15, -0.1) is 0 Å². The number of pyridine rings is 2. The van der Waals surface area contributed by atoms with Gasteiger partial charge in [0.05, 0.1) is 5.69 Å². The van der Waals surface area contributed by atoms with E-state index < -0.39 is 0 Å². The molecule has 0 bridgehead atoms. The van der Waals surface area contributed by atoms with Gasteiger partial charge in [0.1, 0.15) is 7.05 Å². The fraction of sp³-hybridized carbons (Fsp3) is 0.0811. The van der Waals surface area contributed by atoms with Crippen LogP contribution in [-0.4, -0.2) is 4.98 Å². The maximum absolute atomic E-state index is 6.18. The number of ether oxygens (including phenoxy) is 1. The van der Waals surface area contributed by atoms with Gasteiger partial charge >= 0.3 is 0 Å². The molecule has 1 aliphatic heterocycles. The topological polar surface area (TPSA) is 29.2 Å². The molecule has 3 heterocycles. The van der Waals surface area contributed by atoms with Crippen LogP contribution in [0.15, 0.2) is 128 Å². The van der Waals surface area contributed by atoms with Crippen LogP contribution in [0.2, 0.25) is 0 Å². The number of benzene rings is 4. The van der Waals surface area contributed by atoms with Gasteiger partial charge in [-0.2, -0.15) is 0 Å². The minimum atomic E-state index is 0.744. The second-order valence-electron chi connectivity index (χ2n) is 10.5. The van der Waals surface area contributed by atoms with Gasteiger partial charge in [0.25, 0.3) is 0 Å². The summed E-state index contributed by atoms with van der Waals surface area (Å²) in [5, 5.41) is 0. The first-order valence-electron chi connectivity index (χ1n) is 13.9. The van der Waals surface area contributed by atoms with Gasteiger partial charge in [0.2, 0.25) is 5.69 Å². The van der Waals surface area contributed by atoms with Gasteiger partial charge in [-0.1, -0.05) is 60.7 Å². The third-order valence-corrected chi connectivity index (χ3v) is 7.77. The largest absolute Gasteiger partial charge is 0.451 e. The average Bonchev–Trinajstić information content (AvgIpc) is 3.00. The molecule has 0 saturated heterocycles. The van der Waals surface area contributed by atoms with Crippen LogP contribution in [0.5, 0.6) is 11.5 Å². The van der Waals surface area contributed by atoms with E-state index in [0.29, 0.717) is 0 Å². The molecule has 198 valence electrons. The van der Waals surface area contributed by atoms with E-state index in [1.807, 2.05) is 36.5 Å². The van der Waals surface area contributed by atoms with Gasteiger partial charge in [-0.05, 0) is 89.7 Å². The molecule has 4 aromatic carbocycles. The summed E-state index contributed by atoms with van der Waals surface area (Å²) in [6.45, 7) is 4.42. The predicted molar refractivity (Wildman–Crippen MR) is 166 cm³/mol.